The molecule has 10 nitrogen and oxygen atoms in total. The normalized spacial score (nSPS) is 17.5. The van der Waals surface area contributed by atoms with Crippen LogP contribution in [-0.4, -0.2) is 53.2 Å². The SMILES string of the molecule is CCOC(=O)OC(C)On1on1N1CCC(C(=O)O)CC1. The Balaban J connectivity index is 1.73. The molecular formula is C11H19N3O7. The van der Waals surface area contributed by atoms with Crippen LogP contribution in [0.15, 0.2) is 4.63 Å². The van der Waals surface area contributed by atoms with Crippen molar-refractivity contribution in [3.05, 3.63) is 0 Å². The number of aromatic nitrogens is 2. The monoisotopic (exact) mass is 305 g/mol. The summed E-state index contributed by atoms with van der Waals surface area (Å²) in [5.41, 5.74) is 0. The lowest BCUT2D eigenvalue weighted by atomic mass is 9.98. The summed E-state index contributed by atoms with van der Waals surface area (Å²) in [6.45, 7) is 4.50. The molecule has 0 aliphatic carbocycles. The van der Waals surface area contributed by atoms with Gasteiger partial charge in [-0.2, -0.15) is 4.63 Å². The van der Waals surface area contributed by atoms with Crippen LogP contribution in [0.5, 0.6) is 0 Å². The summed E-state index contributed by atoms with van der Waals surface area (Å²) in [4.78, 5) is 28.5. The summed E-state index contributed by atoms with van der Waals surface area (Å²) in [7, 11) is 0. The Labute approximate surface area is 120 Å². The van der Waals surface area contributed by atoms with Gasteiger partial charge in [-0.15, -0.1) is 0 Å². The second kappa shape index (κ2) is 6.46. The van der Waals surface area contributed by atoms with Crippen molar-refractivity contribution in [3.63, 3.8) is 0 Å². The number of carboxylic acid groups (broad SMARTS) is 1. The lowest BCUT2D eigenvalue weighted by Gasteiger charge is -2.26. The third-order valence-corrected chi connectivity index (χ3v) is 3.08. The highest BCUT2D eigenvalue weighted by Gasteiger charge is 2.30. The first-order valence-electron chi connectivity index (χ1n) is 6.77. The lowest BCUT2D eigenvalue weighted by molar-refractivity contribution is -0.142. The van der Waals surface area contributed by atoms with Crippen molar-refractivity contribution in [3.8, 4) is 0 Å². The van der Waals surface area contributed by atoms with Crippen molar-refractivity contribution in [2.45, 2.75) is 33.0 Å². The van der Waals surface area contributed by atoms with Crippen molar-refractivity contribution >= 4 is 12.1 Å². The molecule has 10 heteroatoms. The van der Waals surface area contributed by atoms with Crippen molar-refractivity contribution in [2.24, 2.45) is 5.92 Å². The van der Waals surface area contributed by atoms with E-state index in [4.69, 9.17) is 19.3 Å². The first-order valence-corrected chi connectivity index (χ1v) is 6.77. The Morgan fingerprint density at radius 2 is 2.05 bits per heavy atom. The van der Waals surface area contributed by atoms with Crippen LogP contribution in [0.3, 0.4) is 0 Å². The van der Waals surface area contributed by atoms with E-state index in [0.717, 1.165) is 5.02 Å². The van der Waals surface area contributed by atoms with Gasteiger partial charge in [0.15, 0.2) is 0 Å². The Bertz CT molecular complexity index is 469. The number of hydrogen-bond donors (Lipinski definition) is 1. The molecule has 0 amide bonds. The molecular weight excluding hydrogens is 286 g/mol. The molecule has 1 atom stereocenters. The van der Waals surface area contributed by atoms with Gasteiger partial charge in [0, 0.05) is 25.0 Å². The van der Waals surface area contributed by atoms with Gasteiger partial charge in [-0.3, -0.25) is 9.80 Å². The third-order valence-electron chi connectivity index (χ3n) is 3.08. The lowest BCUT2D eigenvalue weighted by Crippen LogP contribution is -2.42. The fourth-order valence-corrected chi connectivity index (χ4v) is 1.98. The van der Waals surface area contributed by atoms with Crippen molar-refractivity contribution in [1.29, 1.82) is 0 Å². The van der Waals surface area contributed by atoms with Crippen LogP contribution in [0.4, 0.5) is 4.79 Å². The number of rotatable bonds is 6. The number of aliphatic carboxylic acids is 1. The molecule has 1 aromatic rings. The summed E-state index contributed by atoms with van der Waals surface area (Å²) in [6, 6.07) is 0. The highest BCUT2D eigenvalue weighted by Crippen LogP contribution is 2.17. The predicted octanol–water partition coefficient (Wildman–Crippen LogP) is 0.263. The van der Waals surface area contributed by atoms with Crippen LogP contribution >= 0.6 is 0 Å². The van der Waals surface area contributed by atoms with E-state index in [9.17, 15) is 9.59 Å². The minimum atomic E-state index is -0.870. The van der Waals surface area contributed by atoms with E-state index in [0.29, 0.717) is 25.9 Å². The molecule has 0 aromatic carbocycles. The Kier molecular flexibility index (Phi) is 4.66. The molecule has 1 aliphatic rings. The summed E-state index contributed by atoms with van der Waals surface area (Å²) < 4.78 is 14.5. The topological polar surface area (TPSA) is 108 Å². The van der Waals surface area contributed by atoms with Gasteiger partial charge < -0.3 is 19.4 Å². The number of ether oxygens (including phenoxy) is 2. The average Bonchev–Trinajstić information content (AvgIpc) is 3.18. The Hall–Kier alpha value is -2.26. The molecule has 1 aliphatic heterocycles. The van der Waals surface area contributed by atoms with E-state index in [1.807, 2.05) is 0 Å². The zero-order chi connectivity index (χ0) is 15.4. The number of nitrogens with zero attached hydrogens (tertiary/aromatic N) is 3. The molecule has 0 radical (unpaired) electrons. The second-order valence-corrected chi connectivity index (χ2v) is 4.61. The number of carboxylic acids is 1. The van der Waals surface area contributed by atoms with E-state index in [1.165, 1.54) is 11.9 Å². The molecule has 1 N–H and O–H groups in total. The maximum absolute atomic E-state index is 11.1. The van der Waals surface area contributed by atoms with Gasteiger partial charge in [0.25, 0.3) is 6.29 Å². The van der Waals surface area contributed by atoms with Gasteiger partial charge in [0.1, 0.15) is 5.02 Å². The molecule has 2 heterocycles. The van der Waals surface area contributed by atoms with Crippen LogP contribution < -0.4 is 9.85 Å². The van der Waals surface area contributed by atoms with Gasteiger partial charge in [0.05, 0.1) is 12.5 Å². The van der Waals surface area contributed by atoms with Crippen LogP contribution in [0.1, 0.15) is 26.7 Å². The molecule has 1 fully saturated rings. The number of hydrogen-bond acceptors (Lipinski definition) is 7. The minimum absolute atomic E-state index is 0.219. The van der Waals surface area contributed by atoms with Crippen LogP contribution in [0, 0.1) is 5.92 Å². The van der Waals surface area contributed by atoms with Crippen LogP contribution in [0.25, 0.3) is 0 Å². The predicted molar refractivity (Wildman–Crippen MR) is 67.1 cm³/mol. The quantitative estimate of drug-likeness (QED) is 0.589. The maximum Gasteiger partial charge on any atom is 0.511 e. The smallest absolute Gasteiger partial charge is 0.481 e. The Morgan fingerprint density at radius 1 is 1.38 bits per heavy atom. The van der Waals surface area contributed by atoms with Crippen molar-refractivity contribution in [2.75, 3.05) is 24.7 Å². The summed E-state index contributed by atoms with van der Waals surface area (Å²) in [5, 5.41) is 11.8. The van der Waals surface area contributed by atoms with Gasteiger partial charge in [0.2, 0.25) is 0 Å². The van der Waals surface area contributed by atoms with Gasteiger partial charge in [-0.25, -0.2) is 4.79 Å². The fraction of sp³-hybridized carbons (Fsp3) is 0.818. The average molecular weight is 305 g/mol. The molecule has 1 saturated heterocycles. The standard InChI is InChI=1S/C11H19N3O7/c1-3-18-11(17)19-8(2)20-14-13(21-14)12-6-4-9(5-7-12)10(15)16/h8-9H,3-7H2,1-2H3,(H,15,16). The third kappa shape index (κ3) is 4.10. The van der Waals surface area contributed by atoms with E-state index in [2.05, 4.69) is 4.74 Å². The molecule has 0 spiro atoms. The van der Waals surface area contributed by atoms with Gasteiger partial charge >= 0.3 is 12.1 Å². The van der Waals surface area contributed by atoms with E-state index in [1.54, 1.807) is 11.9 Å². The number of piperidine rings is 1. The van der Waals surface area contributed by atoms with Crippen LogP contribution in [0.2, 0.25) is 0 Å². The molecule has 120 valence electrons. The molecule has 1 unspecified atom stereocenters. The first-order chi connectivity index (χ1) is 10.0. The van der Waals surface area contributed by atoms with Crippen LogP contribution in [-0.2, 0) is 14.3 Å². The maximum atomic E-state index is 11.1. The van der Waals surface area contributed by atoms with E-state index in [-0.39, 0.29) is 12.5 Å². The van der Waals surface area contributed by atoms with Gasteiger partial charge in [-0.1, -0.05) is 0 Å². The van der Waals surface area contributed by atoms with E-state index < -0.39 is 18.4 Å². The molecule has 1 aromatic heterocycles. The zero-order valence-corrected chi connectivity index (χ0v) is 11.9. The Morgan fingerprint density at radius 3 is 2.62 bits per heavy atom. The van der Waals surface area contributed by atoms with E-state index >= 15 is 0 Å². The summed E-state index contributed by atoms with van der Waals surface area (Å²) in [5.74, 6) is -1.09. The number of carbonyl (C=O) groups is 2. The molecule has 21 heavy (non-hydrogen) atoms. The minimum Gasteiger partial charge on any atom is -0.481 e. The largest absolute Gasteiger partial charge is 0.511 e. The molecule has 2 rings (SSSR count). The van der Waals surface area contributed by atoms with Gasteiger partial charge in [-0.05, 0) is 19.8 Å². The number of carbonyl (C=O) groups excluding carboxylic acids is 1. The molecule has 0 saturated carbocycles. The van der Waals surface area contributed by atoms with Crippen molar-refractivity contribution < 1.29 is 33.6 Å². The van der Waals surface area contributed by atoms with Crippen molar-refractivity contribution in [1.82, 2.24) is 9.98 Å². The zero-order valence-electron chi connectivity index (χ0n) is 11.9. The summed E-state index contributed by atoms with van der Waals surface area (Å²) in [6.07, 6.45) is -0.609. The highest BCUT2D eigenvalue weighted by atomic mass is 17.0. The second-order valence-electron chi connectivity index (χ2n) is 4.61. The fourth-order valence-electron chi connectivity index (χ4n) is 1.98. The molecule has 0 bridgehead atoms. The summed E-state index contributed by atoms with van der Waals surface area (Å²) >= 11 is 0. The highest BCUT2D eigenvalue weighted by molar-refractivity contribution is 5.70. The first kappa shape index (κ1) is 15.1.